The number of pyridine rings is 1. The number of aromatic nitrogens is 1. The van der Waals surface area contributed by atoms with Crippen LogP contribution in [0.25, 0.3) is 11.1 Å². The molecule has 1 N–H and O–H groups in total. The van der Waals surface area contributed by atoms with E-state index in [0.29, 0.717) is 17.9 Å². The Morgan fingerprint density at radius 3 is 2.76 bits per heavy atom. The highest BCUT2D eigenvalue weighted by Gasteiger charge is 2.06. The van der Waals surface area contributed by atoms with Crippen LogP contribution in [0.15, 0.2) is 42.7 Å². The molecule has 0 aliphatic rings. The Kier molecular flexibility index (Phi) is 7.63. The lowest BCUT2D eigenvalue weighted by Gasteiger charge is -2.08. The average Bonchev–Trinajstić information content (AvgIpc) is 2.65. The van der Waals surface area contributed by atoms with Gasteiger partial charge in [0.05, 0.1) is 0 Å². The summed E-state index contributed by atoms with van der Waals surface area (Å²) >= 11 is 0. The van der Waals surface area contributed by atoms with Gasteiger partial charge < -0.3 is 10.1 Å². The summed E-state index contributed by atoms with van der Waals surface area (Å²) in [4.78, 5) is 26.8. The fourth-order valence-corrected chi connectivity index (χ4v) is 2.48. The monoisotopic (exact) mass is 340 g/mol. The number of carbonyl (C=O) groups excluding carboxylic acids is 2. The molecule has 5 heteroatoms. The van der Waals surface area contributed by atoms with Gasteiger partial charge in [-0.25, -0.2) is 4.79 Å². The Bertz CT molecular complexity index is 701. The van der Waals surface area contributed by atoms with E-state index < -0.39 is 6.09 Å². The molecule has 0 fully saturated rings. The average molecular weight is 340 g/mol. The molecule has 0 radical (unpaired) electrons. The Morgan fingerprint density at radius 1 is 1.12 bits per heavy atom. The fraction of sp³-hybridized carbons (Fsp3) is 0.350. The van der Waals surface area contributed by atoms with Crippen LogP contribution in [0.5, 0.6) is 5.75 Å². The Morgan fingerprint density at radius 2 is 1.96 bits per heavy atom. The number of nitrogens with zero attached hydrogens (tertiary/aromatic N) is 1. The van der Waals surface area contributed by atoms with Crippen molar-refractivity contribution in [3.63, 3.8) is 0 Å². The number of rotatable bonds is 9. The lowest BCUT2D eigenvalue weighted by Crippen LogP contribution is -2.27. The van der Waals surface area contributed by atoms with E-state index in [-0.39, 0.29) is 0 Å². The van der Waals surface area contributed by atoms with Crippen molar-refractivity contribution in [2.45, 2.75) is 39.0 Å². The highest BCUT2D eigenvalue weighted by molar-refractivity contribution is 5.78. The van der Waals surface area contributed by atoms with Crippen molar-refractivity contribution in [2.75, 3.05) is 6.54 Å². The molecular formula is C20H24N2O3. The van der Waals surface area contributed by atoms with Gasteiger partial charge in [0.15, 0.2) is 6.29 Å². The fourth-order valence-electron chi connectivity index (χ4n) is 2.48. The van der Waals surface area contributed by atoms with Crippen LogP contribution in [0.3, 0.4) is 0 Å². The number of nitrogens with one attached hydrogen (secondary N) is 1. The minimum Gasteiger partial charge on any atom is -0.410 e. The largest absolute Gasteiger partial charge is 0.412 e. The Balaban J connectivity index is 1.88. The third kappa shape index (κ3) is 6.37. The Hall–Kier alpha value is -2.69. The van der Waals surface area contributed by atoms with Crippen molar-refractivity contribution < 1.29 is 14.3 Å². The van der Waals surface area contributed by atoms with Gasteiger partial charge in [-0.05, 0) is 30.2 Å². The molecule has 5 nitrogen and oxygen atoms in total. The van der Waals surface area contributed by atoms with E-state index >= 15 is 0 Å². The second kappa shape index (κ2) is 10.2. The number of ether oxygens (including phenoxy) is 1. The summed E-state index contributed by atoms with van der Waals surface area (Å²) in [5, 5.41) is 2.77. The first-order valence-corrected chi connectivity index (χ1v) is 8.69. The van der Waals surface area contributed by atoms with Gasteiger partial charge >= 0.3 is 6.09 Å². The smallest absolute Gasteiger partial charge is 0.410 e. The van der Waals surface area contributed by atoms with Crippen molar-refractivity contribution in [3.05, 3.63) is 48.3 Å². The zero-order chi connectivity index (χ0) is 17.9. The molecule has 0 atom stereocenters. The summed E-state index contributed by atoms with van der Waals surface area (Å²) in [6.07, 6.45) is 9.19. The molecular weight excluding hydrogens is 316 g/mol. The summed E-state index contributed by atoms with van der Waals surface area (Å²) in [6, 6.07) is 8.91. The second-order valence-electron chi connectivity index (χ2n) is 5.88. The molecule has 0 saturated heterocycles. The number of aldehydes is 1. The summed E-state index contributed by atoms with van der Waals surface area (Å²) in [7, 11) is 0. The maximum absolute atomic E-state index is 11.9. The van der Waals surface area contributed by atoms with Crippen LogP contribution in [-0.4, -0.2) is 23.9 Å². The van der Waals surface area contributed by atoms with Crippen LogP contribution in [0.2, 0.25) is 0 Å². The van der Waals surface area contributed by atoms with Gasteiger partial charge in [0.1, 0.15) is 5.75 Å². The van der Waals surface area contributed by atoms with E-state index in [1.54, 1.807) is 30.5 Å². The van der Waals surface area contributed by atoms with Gasteiger partial charge in [-0.1, -0.05) is 44.7 Å². The molecule has 1 heterocycles. The van der Waals surface area contributed by atoms with Crippen molar-refractivity contribution in [2.24, 2.45) is 0 Å². The van der Waals surface area contributed by atoms with E-state index in [1.807, 2.05) is 6.07 Å². The minimum atomic E-state index is -0.451. The van der Waals surface area contributed by atoms with Gasteiger partial charge in [-0.2, -0.15) is 0 Å². The molecule has 0 aliphatic heterocycles. The maximum atomic E-state index is 11.9. The third-order valence-electron chi connectivity index (χ3n) is 3.82. The third-order valence-corrected chi connectivity index (χ3v) is 3.82. The first kappa shape index (κ1) is 18.6. The van der Waals surface area contributed by atoms with Crippen molar-refractivity contribution in [1.29, 1.82) is 0 Å². The van der Waals surface area contributed by atoms with Gasteiger partial charge in [0.25, 0.3) is 0 Å². The highest BCUT2D eigenvalue weighted by atomic mass is 16.6. The molecule has 132 valence electrons. The van der Waals surface area contributed by atoms with Crippen LogP contribution in [-0.2, 0) is 0 Å². The minimum absolute atomic E-state index is 0.451. The molecule has 2 rings (SSSR count). The standard InChI is InChI=1S/C20H24N2O3/c1-2-3-4-5-6-10-22-20(24)25-19-9-7-8-17(12-19)18-11-16(15-23)13-21-14-18/h7-9,11-15H,2-6,10H2,1H3,(H,22,24). The molecule has 1 aromatic heterocycles. The molecule has 25 heavy (non-hydrogen) atoms. The normalized spacial score (nSPS) is 10.3. The predicted molar refractivity (Wildman–Crippen MR) is 97.8 cm³/mol. The molecule has 1 amide bonds. The molecule has 0 spiro atoms. The maximum Gasteiger partial charge on any atom is 0.412 e. The van der Waals surface area contributed by atoms with Crippen molar-refractivity contribution in [1.82, 2.24) is 10.3 Å². The quantitative estimate of drug-likeness (QED) is 0.534. The first-order chi connectivity index (χ1) is 12.2. The Labute approximate surface area is 148 Å². The number of hydrogen-bond acceptors (Lipinski definition) is 4. The van der Waals surface area contributed by atoms with Crippen LogP contribution in [0.4, 0.5) is 4.79 Å². The summed E-state index contributed by atoms with van der Waals surface area (Å²) in [6.45, 7) is 2.79. The lowest BCUT2D eigenvalue weighted by molar-refractivity contribution is 0.112. The number of amides is 1. The van der Waals surface area contributed by atoms with Gasteiger partial charge in [-0.3, -0.25) is 9.78 Å². The predicted octanol–water partition coefficient (Wildman–Crippen LogP) is 4.62. The zero-order valence-corrected chi connectivity index (χ0v) is 14.5. The van der Waals surface area contributed by atoms with Crippen LogP contribution in [0.1, 0.15) is 49.4 Å². The zero-order valence-electron chi connectivity index (χ0n) is 14.5. The summed E-state index contributed by atoms with van der Waals surface area (Å²) in [5.41, 5.74) is 2.14. The van der Waals surface area contributed by atoms with E-state index in [4.69, 9.17) is 4.74 Å². The highest BCUT2D eigenvalue weighted by Crippen LogP contribution is 2.23. The van der Waals surface area contributed by atoms with Crippen molar-refractivity contribution >= 4 is 12.4 Å². The van der Waals surface area contributed by atoms with Crippen molar-refractivity contribution in [3.8, 4) is 16.9 Å². The summed E-state index contributed by atoms with van der Waals surface area (Å²) in [5.74, 6) is 0.456. The van der Waals surface area contributed by atoms with Crippen LogP contribution in [0, 0.1) is 0 Å². The van der Waals surface area contributed by atoms with Crippen LogP contribution >= 0.6 is 0 Å². The lowest BCUT2D eigenvalue weighted by atomic mass is 10.1. The van der Waals surface area contributed by atoms with E-state index in [1.165, 1.54) is 25.5 Å². The number of benzene rings is 1. The van der Waals surface area contributed by atoms with Gasteiger partial charge in [-0.15, -0.1) is 0 Å². The van der Waals surface area contributed by atoms with E-state index in [0.717, 1.165) is 30.3 Å². The molecule has 0 unspecified atom stereocenters. The first-order valence-electron chi connectivity index (χ1n) is 8.69. The SMILES string of the molecule is CCCCCCCNC(=O)Oc1cccc(-c2cncc(C=O)c2)c1. The van der Waals surface area contributed by atoms with Crippen LogP contribution < -0.4 is 10.1 Å². The number of unbranched alkanes of at least 4 members (excludes halogenated alkanes) is 4. The van der Waals surface area contributed by atoms with Gasteiger partial charge in [0, 0.05) is 30.1 Å². The van der Waals surface area contributed by atoms with E-state index in [2.05, 4.69) is 17.2 Å². The molecule has 0 bridgehead atoms. The molecule has 0 aliphatic carbocycles. The molecule has 0 saturated carbocycles. The van der Waals surface area contributed by atoms with E-state index in [9.17, 15) is 9.59 Å². The molecule has 1 aromatic carbocycles. The topological polar surface area (TPSA) is 68.3 Å². The second-order valence-corrected chi connectivity index (χ2v) is 5.88. The van der Waals surface area contributed by atoms with Gasteiger partial charge in [0.2, 0.25) is 0 Å². The molecule has 2 aromatic rings. The number of hydrogen-bond donors (Lipinski definition) is 1. The summed E-state index contributed by atoms with van der Waals surface area (Å²) < 4.78 is 5.32. The number of carbonyl (C=O) groups is 2.